The molecule has 1 saturated carbocycles. The molecule has 7 nitrogen and oxygen atoms in total. The summed E-state index contributed by atoms with van der Waals surface area (Å²) in [6, 6.07) is 13.4. The minimum atomic E-state index is -4.64. The van der Waals surface area contributed by atoms with E-state index in [4.69, 9.17) is 0 Å². The summed E-state index contributed by atoms with van der Waals surface area (Å²) in [7, 11) is 0. The van der Waals surface area contributed by atoms with Gasteiger partial charge in [0.2, 0.25) is 5.82 Å². The number of carbonyl (C=O) groups is 1. The van der Waals surface area contributed by atoms with Gasteiger partial charge in [-0.15, -0.1) is 0 Å². The number of H-pyrrole nitrogens is 1. The van der Waals surface area contributed by atoms with Gasteiger partial charge in [-0.1, -0.05) is 37.3 Å². The molecule has 37 heavy (non-hydrogen) atoms. The lowest BCUT2D eigenvalue weighted by Crippen LogP contribution is -2.52. The van der Waals surface area contributed by atoms with Crippen LogP contribution in [0.1, 0.15) is 66.7 Å². The zero-order valence-electron chi connectivity index (χ0n) is 20.5. The summed E-state index contributed by atoms with van der Waals surface area (Å²) in [5.41, 5.74) is -0.550. The van der Waals surface area contributed by atoms with Crippen LogP contribution in [0.15, 0.2) is 48.5 Å². The number of alkyl halides is 3. The smallest absolute Gasteiger partial charge is 0.393 e. The van der Waals surface area contributed by atoms with E-state index in [1.807, 2.05) is 37.3 Å². The Morgan fingerprint density at radius 2 is 1.86 bits per heavy atom. The van der Waals surface area contributed by atoms with Crippen molar-refractivity contribution < 1.29 is 33.3 Å². The Labute approximate surface area is 212 Å². The van der Waals surface area contributed by atoms with Gasteiger partial charge in [-0.3, -0.25) is 4.79 Å². The van der Waals surface area contributed by atoms with Crippen molar-refractivity contribution in [3.63, 3.8) is 0 Å². The highest BCUT2D eigenvalue weighted by atomic mass is 19.4. The molecule has 5 atom stereocenters. The van der Waals surface area contributed by atoms with Crippen LogP contribution in [0, 0.1) is 5.92 Å². The van der Waals surface area contributed by atoms with Gasteiger partial charge in [0.05, 0.1) is 23.2 Å². The summed E-state index contributed by atoms with van der Waals surface area (Å²) in [4.78, 5) is 18.6. The average molecular weight is 520 g/mol. The zero-order valence-corrected chi connectivity index (χ0v) is 20.5. The van der Waals surface area contributed by atoms with Crippen molar-refractivity contribution in [3.05, 3.63) is 65.5 Å². The molecule has 200 valence electrons. The van der Waals surface area contributed by atoms with Crippen LogP contribution in [-0.4, -0.2) is 55.5 Å². The third kappa shape index (κ3) is 6.49. The third-order valence-corrected chi connectivity index (χ3v) is 7.22. The van der Waals surface area contributed by atoms with Gasteiger partial charge in [-0.05, 0) is 67.7 Å². The number of amides is 1. The summed E-state index contributed by atoms with van der Waals surface area (Å²) in [5, 5.41) is 36.0. The standard InChI is InChI=1S/C27H32F3N3O4/c1-16-7-10-23(35)26(37,14-19(12-20(34)11-16)17-5-3-2-4-6-17)15-31-24(36)18-8-9-21-22(13-18)33-25(32-21)27(28,29)30/h2-6,8-9,13,16,19-20,23,34-35,37H,7,10-12,14-15H2,1H3,(H,31,36)(H,32,33)/t16-,19-,20+,23-,26+/m1/s1. The van der Waals surface area contributed by atoms with Crippen LogP contribution in [0.5, 0.6) is 0 Å². The number of nitrogens with one attached hydrogen (secondary N) is 2. The maximum atomic E-state index is 13.0. The molecule has 0 bridgehead atoms. The number of aromatic amines is 1. The lowest BCUT2D eigenvalue weighted by Gasteiger charge is -2.38. The first-order valence-electron chi connectivity index (χ1n) is 12.4. The van der Waals surface area contributed by atoms with Crippen LogP contribution >= 0.6 is 0 Å². The van der Waals surface area contributed by atoms with Crippen molar-refractivity contribution in [2.45, 2.75) is 68.9 Å². The number of hydrogen-bond donors (Lipinski definition) is 5. The van der Waals surface area contributed by atoms with Gasteiger partial charge in [0.15, 0.2) is 0 Å². The Balaban J connectivity index is 1.55. The third-order valence-electron chi connectivity index (χ3n) is 7.22. The van der Waals surface area contributed by atoms with E-state index in [0.29, 0.717) is 25.7 Å². The molecular weight excluding hydrogens is 487 g/mol. The normalized spacial score (nSPS) is 27.6. The largest absolute Gasteiger partial charge is 0.449 e. The van der Waals surface area contributed by atoms with E-state index in [1.54, 1.807) is 0 Å². The molecule has 1 amide bonds. The predicted molar refractivity (Wildman–Crippen MR) is 132 cm³/mol. The molecule has 5 N–H and O–H groups in total. The molecule has 10 heteroatoms. The molecule has 2 aromatic carbocycles. The molecular formula is C27H32F3N3O4. The van der Waals surface area contributed by atoms with Crippen molar-refractivity contribution in [2.24, 2.45) is 5.92 Å². The molecule has 0 spiro atoms. The maximum absolute atomic E-state index is 13.0. The Hall–Kier alpha value is -2.95. The second-order valence-corrected chi connectivity index (χ2v) is 10.2. The molecule has 0 radical (unpaired) electrons. The number of aromatic nitrogens is 2. The molecule has 0 aliphatic heterocycles. The second kappa shape index (κ2) is 10.8. The molecule has 1 heterocycles. The number of fused-ring (bicyclic) bond motifs is 1. The van der Waals surface area contributed by atoms with Crippen LogP contribution < -0.4 is 5.32 Å². The molecule has 4 rings (SSSR count). The predicted octanol–water partition coefficient (Wildman–Crippen LogP) is 4.15. The topological polar surface area (TPSA) is 118 Å². The number of hydrogen-bond acceptors (Lipinski definition) is 5. The molecule has 0 saturated heterocycles. The highest BCUT2D eigenvalue weighted by Gasteiger charge is 2.40. The molecule has 1 aliphatic rings. The Kier molecular flexibility index (Phi) is 7.91. The quantitative estimate of drug-likeness (QED) is 0.355. The SMILES string of the molecule is C[C@@H]1CC[C@@H](O)[C@@](O)(CNC(=O)c2ccc3nc(C(F)(F)F)[nH]c3c2)C[C@H](c2ccccc2)C[C@@H](O)C1. The monoisotopic (exact) mass is 519 g/mol. The van der Waals surface area contributed by atoms with Crippen LogP contribution in [0.4, 0.5) is 13.2 Å². The van der Waals surface area contributed by atoms with Gasteiger partial charge in [-0.25, -0.2) is 4.98 Å². The number of rotatable bonds is 4. The van der Waals surface area contributed by atoms with Gasteiger partial charge in [0.1, 0.15) is 5.60 Å². The van der Waals surface area contributed by atoms with Crippen molar-refractivity contribution >= 4 is 16.9 Å². The fourth-order valence-electron chi connectivity index (χ4n) is 5.15. The van der Waals surface area contributed by atoms with Gasteiger partial charge < -0.3 is 25.6 Å². The molecule has 1 aromatic heterocycles. The molecule has 1 aliphatic carbocycles. The van der Waals surface area contributed by atoms with Crippen LogP contribution in [0.25, 0.3) is 11.0 Å². The summed E-state index contributed by atoms with van der Waals surface area (Å²) < 4.78 is 38.9. The van der Waals surface area contributed by atoms with Gasteiger partial charge >= 0.3 is 6.18 Å². The second-order valence-electron chi connectivity index (χ2n) is 10.2. The van der Waals surface area contributed by atoms with Crippen LogP contribution in [0.2, 0.25) is 0 Å². The van der Waals surface area contributed by atoms with Crippen molar-refractivity contribution in [1.29, 1.82) is 0 Å². The maximum Gasteiger partial charge on any atom is 0.449 e. The van der Waals surface area contributed by atoms with E-state index in [2.05, 4.69) is 15.3 Å². The first kappa shape index (κ1) is 27.1. The fourth-order valence-corrected chi connectivity index (χ4v) is 5.15. The fraction of sp³-hybridized carbons (Fsp3) is 0.481. The van der Waals surface area contributed by atoms with Crippen molar-refractivity contribution in [1.82, 2.24) is 15.3 Å². The van der Waals surface area contributed by atoms with Gasteiger partial charge in [-0.2, -0.15) is 13.2 Å². The molecule has 0 unspecified atom stereocenters. The number of carbonyl (C=O) groups excluding carboxylic acids is 1. The minimum absolute atomic E-state index is 0.0597. The van der Waals surface area contributed by atoms with Crippen molar-refractivity contribution in [2.75, 3.05) is 6.54 Å². The Bertz CT molecular complexity index is 1220. The summed E-state index contributed by atoms with van der Waals surface area (Å²) >= 11 is 0. The van der Waals surface area contributed by atoms with Gasteiger partial charge in [0.25, 0.3) is 5.91 Å². The number of imidazole rings is 1. The summed E-state index contributed by atoms with van der Waals surface area (Å²) in [6.07, 6.45) is -4.34. The number of aliphatic hydroxyl groups is 3. The number of aliphatic hydroxyl groups excluding tert-OH is 2. The van der Waals surface area contributed by atoms with E-state index in [0.717, 1.165) is 5.56 Å². The van der Waals surface area contributed by atoms with E-state index >= 15 is 0 Å². The average Bonchev–Trinajstić information content (AvgIpc) is 3.30. The van der Waals surface area contributed by atoms with Crippen LogP contribution in [-0.2, 0) is 6.18 Å². The number of benzene rings is 2. The van der Waals surface area contributed by atoms with E-state index in [-0.39, 0.29) is 41.4 Å². The number of halogens is 3. The Morgan fingerprint density at radius 3 is 2.57 bits per heavy atom. The van der Waals surface area contributed by atoms with E-state index < -0.39 is 35.7 Å². The van der Waals surface area contributed by atoms with E-state index in [1.165, 1.54) is 18.2 Å². The first-order valence-corrected chi connectivity index (χ1v) is 12.4. The summed E-state index contributed by atoms with van der Waals surface area (Å²) in [5.74, 6) is -1.88. The van der Waals surface area contributed by atoms with Crippen molar-refractivity contribution in [3.8, 4) is 0 Å². The zero-order chi connectivity index (χ0) is 26.8. The van der Waals surface area contributed by atoms with E-state index in [9.17, 15) is 33.3 Å². The lowest BCUT2D eigenvalue weighted by molar-refractivity contribution is -0.144. The highest BCUT2D eigenvalue weighted by molar-refractivity contribution is 5.97. The Morgan fingerprint density at radius 1 is 1.14 bits per heavy atom. The molecule has 3 aromatic rings. The van der Waals surface area contributed by atoms with Gasteiger partial charge in [0, 0.05) is 12.1 Å². The lowest BCUT2D eigenvalue weighted by atomic mass is 9.76. The minimum Gasteiger partial charge on any atom is -0.393 e. The highest BCUT2D eigenvalue weighted by Crippen LogP contribution is 2.36. The van der Waals surface area contributed by atoms with Crippen LogP contribution in [0.3, 0.4) is 0 Å². The number of nitrogens with zero attached hydrogens (tertiary/aromatic N) is 1. The molecule has 1 fully saturated rings. The summed E-state index contributed by atoms with van der Waals surface area (Å²) in [6.45, 7) is 1.72. The first-order chi connectivity index (χ1) is 17.4.